The third kappa shape index (κ3) is 3.92. The summed E-state index contributed by atoms with van der Waals surface area (Å²) in [5, 5.41) is 21.6. The van der Waals surface area contributed by atoms with Crippen molar-refractivity contribution in [3.63, 3.8) is 0 Å². The topological polar surface area (TPSA) is 92.1 Å². The van der Waals surface area contributed by atoms with Gasteiger partial charge in [0.05, 0.1) is 25.5 Å². The Balaban J connectivity index is 1.34. The molecule has 2 aromatic heterocycles. The van der Waals surface area contributed by atoms with Crippen LogP contribution >= 0.6 is 0 Å². The van der Waals surface area contributed by atoms with Crippen molar-refractivity contribution in [2.45, 2.75) is 32.2 Å². The number of H-pyrrole nitrogens is 1. The second kappa shape index (κ2) is 7.27. The number of aliphatic hydroxyl groups excluding tert-OH is 1. The van der Waals surface area contributed by atoms with Gasteiger partial charge in [0.15, 0.2) is 11.6 Å². The molecule has 0 saturated carbocycles. The lowest BCUT2D eigenvalue weighted by molar-refractivity contribution is 0.0736. The first-order valence-corrected chi connectivity index (χ1v) is 8.67. The van der Waals surface area contributed by atoms with Crippen molar-refractivity contribution < 1.29 is 9.84 Å². The molecule has 1 aliphatic rings. The molecule has 1 aromatic carbocycles. The summed E-state index contributed by atoms with van der Waals surface area (Å²) in [6.07, 6.45) is 2.72. The summed E-state index contributed by atoms with van der Waals surface area (Å²) in [5.41, 5.74) is 1.18. The number of hydrogen-bond acceptors (Lipinski definition) is 6. The molecule has 1 aliphatic heterocycles. The van der Waals surface area contributed by atoms with E-state index in [-0.39, 0.29) is 6.10 Å². The highest BCUT2D eigenvalue weighted by atomic mass is 16.5. The number of aryl methyl sites for hydroxylation is 1. The van der Waals surface area contributed by atoms with Crippen molar-refractivity contribution in [2.24, 2.45) is 0 Å². The molecule has 1 fully saturated rings. The fraction of sp³-hybridized carbons (Fsp3) is 0.389. The lowest BCUT2D eigenvalue weighted by Crippen LogP contribution is -2.29. The van der Waals surface area contributed by atoms with E-state index in [2.05, 4.69) is 37.3 Å². The Morgan fingerprint density at radius 1 is 1.23 bits per heavy atom. The highest BCUT2D eigenvalue weighted by Crippen LogP contribution is 2.20. The maximum absolute atomic E-state index is 10.3. The molecular weight excluding hydrogens is 332 g/mol. The first-order valence-electron chi connectivity index (χ1n) is 8.67. The van der Waals surface area contributed by atoms with Gasteiger partial charge in [-0.05, 0) is 12.5 Å². The summed E-state index contributed by atoms with van der Waals surface area (Å²) < 4.78 is 7.79. The van der Waals surface area contributed by atoms with E-state index in [0.717, 1.165) is 11.6 Å². The zero-order valence-corrected chi connectivity index (χ0v) is 14.6. The Labute approximate surface area is 151 Å². The standard InChI is InChI=1S/C18H22N6O2/c1-13-20-18(22-21-13)12-23-10-16(25)17(11-23)26-15-7-19-24(9-15)8-14-5-3-2-4-6-14/h2-7,9,16-17,25H,8,10-12H2,1H3,(H,20,21,22)/t16-,17-/m1/s1. The quantitative estimate of drug-likeness (QED) is 0.686. The van der Waals surface area contributed by atoms with Crippen molar-refractivity contribution in [1.82, 2.24) is 29.9 Å². The number of benzene rings is 1. The van der Waals surface area contributed by atoms with E-state index in [1.807, 2.05) is 36.0 Å². The Morgan fingerprint density at radius 2 is 2.08 bits per heavy atom. The van der Waals surface area contributed by atoms with Gasteiger partial charge in [0.25, 0.3) is 0 Å². The van der Waals surface area contributed by atoms with Crippen molar-refractivity contribution in [2.75, 3.05) is 13.1 Å². The maximum atomic E-state index is 10.3. The summed E-state index contributed by atoms with van der Waals surface area (Å²) in [6.45, 7) is 4.31. The fourth-order valence-corrected chi connectivity index (χ4v) is 3.17. The van der Waals surface area contributed by atoms with Crippen LogP contribution in [0.2, 0.25) is 0 Å². The lowest BCUT2D eigenvalue weighted by Gasteiger charge is -2.15. The summed E-state index contributed by atoms with van der Waals surface area (Å²) in [5.74, 6) is 2.19. The number of hydrogen-bond donors (Lipinski definition) is 2. The first-order chi connectivity index (χ1) is 12.7. The van der Waals surface area contributed by atoms with Crippen LogP contribution in [0.5, 0.6) is 5.75 Å². The molecular formula is C18H22N6O2. The van der Waals surface area contributed by atoms with Crippen LogP contribution in [0, 0.1) is 6.92 Å². The highest BCUT2D eigenvalue weighted by molar-refractivity contribution is 5.18. The summed E-state index contributed by atoms with van der Waals surface area (Å²) in [7, 11) is 0. The monoisotopic (exact) mass is 354 g/mol. The SMILES string of the molecule is Cc1nc(CN2C[C@@H](O)[C@H](Oc3cnn(Cc4ccccc4)c3)C2)n[nH]1. The molecule has 4 rings (SSSR count). The van der Waals surface area contributed by atoms with Gasteiger partial charge in [-0.1, -0.05) is 30.3 Å². The minimum atomic E-state index is -0.549. The number of β-amino-alcohol motifs (C(OH)–C–C–N with tert-alkyl or cyclic N) is 1. The predicted molar refractivity (Wildman–Crippen MR) is 94.6 cm³/mol. The Hall–Kier alpha value is -2.71. The van der Waals surface area contributed by atoms with Crippen LogP contribution in [0.25, 0.3) is 0 Å². The van der Waals surface area contributed by atoms with Gasteiger partial charge in [-0.25, -0.2) is 4.98 Å². The first kappa shape index (κ1) is 16.7. The van der Waals surface area contributed by atoms with Crippen molar-refractivity contribution in [3.05, 3.63) is 59.9 Å². The molecule has 0 aliphatic carbocycles. The zero-order valence-electron chi connectivity index (χ0n) is 14.6. The van der Waals surface area contributed by atoms with E-state index >= 15 is 0 Å². The number of aliphatic hydroxyl groups is 1. The summed E-state index contributed by atoms with van der Waals surface area (Å²) >= 11 is 0. The molecule has 0 amide bonds. The lowest BCUT2D eigenvalue weighted by atomic mass is 10.2. The van der Waals surface area contributed by atoms with Crippen molar-refractivity contribution in [3.8, 4) is 5.75 Å². The molecule has 8 heteroatoms. The van der Waals surface area contributed by atoms with E-state index in [1.165, 1.54) is 5.56 Å². The number of aromatic amines is 1. The van der Waals surface area contributed by atoms with Crippen molar-refractivity contribution in [1.29, 1.82) is 0 Å². The fourth-order valence-electron chi connectivity index (χ4n) is 3.17. The molecule has 2 atom stereocenters. The second-order valence-corrected chi connectivity index (χ2v) is 6.61. The third-order valence-corrected chi connectivity index (χ3v) is 4.41. The molecule has 1 saturated heterocycles. The van der Waals surface area contributed by atoms with E-state index in [4.69, 9.17) is 4.74 Å². The van der Waals surface area contributed by atoms with Gasteiger partial charge in [0, 0.05) is 13.1 Å². The molecule has 0 radical (unpaired) electrons. The number of rotatable bonds is 6. The van der Waals surface area contributed by atoms with E-state index in [1.54, 1.807) is 6.20 Å². The summed E-state index contributed by atoms with van der Waals surface area (Å²) in [4.78, 5) is 6.40. The third-order valence-electron chi connectivity index (χ3n) is 4.41. The van der Waals surface area contributed by atoms with Gasteiger partial charge in [-0.3, -0.25) is 14.7 Å². The van der Waals surface area contributed by atoms with E-state index in [0.29, 0.717) is 31.9 Å². The largest absolute Gasteiger partial charge is 0.483 e. The van der Waals surface area contributed by atoms with Crippen LogP contribution in [0.15, 0.2) is 42.7 Å². The van der Waals surface area contributed by atoms with Crippen LogP contribution in [0.3, 0.4) is 0 Å². The molecule has 0 unspecified atom stereocenters. The number of nitrogens with zero attached hydrogens (tertiary/aromatic N) is 5. The van der Waals surface area contributed by atoms with Crippen molar-refractivity contribution >= 4 is 0 Å². The number of likely N-dealkylation sites (tertiary alicyclic amines) is 1. The Bertz CT molecular complexity index is 846. The van der Waals surface area contributed by atoms with Gasteiger partial charge in [-0.2, -0.15) is 10.2 Å². The zero-order chi connectivity index (χ0) is 17.9. The van der Waals surface area contributed by atoms with Crippen LogP contribution in [0.1, 0.15) is 17.2 Å². The molecule has 136 valence electrons. The Morgan fingerprint density at radius 3 is 2.85 bits per heavy atom. The number of ether oxygens (including phenoxy) is 1. The van der Waals surface area contributed by atoms with Gasteiger partial charge in [0.1, 0.15) is 18.0 Å². The van der Waals surface area contributed by atoms with Gasteiger partial charge in [-0.15, -0.1) is 0 Å². The normalized spacial score (nSPS) is 20.5. The smallest absolute Gasteiger partial charge is 0.164 e. The number of nitrogens with one attached hydrogen (secondary N) is 1. The molecule has 3 heterocycles. The van der Waals surface area contributed by atoms with Crippen LogP contribution in [-0.2, 0) is 13.1 Å². The van der Waals surface area contributed by atoms with Gasteiger partial charge >= 0.3 is 0 Å². The van der Waals surface area contributed by atoms with Crippen LogP contribution in [0.4, 0.5) is 0 Å². The molecule has 3 aromatic rings. The molecule has 0 spiro atoms. The molecule has 2 N–H and O–H groups in total. The maximum Gasteiger partial charge on any atom is 0.164 e. The molecule has 26 heavy (non-hydrogen) atoms. The minimum Gasteiger partial charge on any atom is -0.483 e. The predicted octanol–water partition coefficient (Wildman–Crippen LogP) is 0.982. The van der Waals surface area contributed by atoms with E-state index < -0.39 is 6.10 Å². The van der Waals surface area contributed by atoms with E-state index in [9.17, 15) is 5.11 Å². The number of aromatic nitrogens is 5. The van der Waals surface area contributed by atoms with Gasteiger partial charge < -0.3 is 9.84 Å². The minimum absolute atomic E-state index is 0.288. The summed E-state index contributed by atoms with van der Waals surface area (Å²) in [6, 6.07) is 10.1. The molecule has 0 bridgehead atoms. The van der Waals surface area contributed by atoms with Crippen LogP contribution in [-0.4, -0.2) is 60.3 Å². The van der Waals surface area contributed by atoms with Crippen LogP contribution < -0.4 is 4.74 Å². The Kier molecular flexibility index (Phi) is 4.68. The second-order valence-electron chi connectivity index (χ2n) is 6.61. The average Bonchev–Trinajstić information content (AvgIpc) is 3.32. The average molecular weight is 354 g/mol. The van der Waals surface area contributed by atoms with Gasteiger partial charge in [0.2, 0.25) is 0 Å². The molecule has 8 nitrogen and oxygen atoms in total. The highest BCUT2D eigenvalue weighted by Gasteiger charge is 2.33.